The normalized spacial score (nSPS) is 16.2. The van der Waals surface area contributed by atoms with E-state index in [1.54, 1.807) is 0 Å². The fourth-order valence-electron chi connectivity index (χ4n) is 1.49. The van der Waals surface area contributed by atoms with Gasteiger partial charge in [0.1, 0.15) is 11.0 Å². The van der Waals surface area contributed by atoms with Crippen molar-refractivity contribution in [3.8, 4) is 0 Å². The Bertz CT molecular complexity index is 537. The largest absolute Gasteiger partial charge is 0.468 e. The summed E-state index contributed by atoms with van der Waals surface area (Å²) < 4.78 is 5.95. The lowest BCUT2D eigenvalue weighted by Gasteiger charge is -2.14. The van der Waals surface area contributed by atoms with Crippen molar-refractivity contribution in [1.29, 1.82) is 0 Å². The standard InChI is InChI=1S/C11H14BrN3O3/c1-11(3-4-11)14-7-5-13-15(6-8(16)18-2)10(17)9(7)12/h5,14H,3-4,6H2,1-2H3. The zero-order valence-corrected chi connectivity index (χ0v) is 11.8. The predicted molar refractivity (Wildman–Crippen MR) is 69.5 cm³/mol. The number of ether oxygens (including phenoxy) is 1. The fraction of sp³-hybridized carbons (Fsp3) is 0.545. The Kier molecular flexibility index (Phi) is 3.43. The van der Waals surface area contributed by atoms with Crippen molar-refractivity contribution < 1.29 is 9.53 Å². The zero-order valence-electron chi connectivity index (χ0n) is 10.2. The molecule has 1 aliphatic carbocycles. The molecule has 0 aromatic carbocycles. The maximum Gasteiger partial charge on any atom is 0.327 e. The number of carbonyl (C=O) groups excluding carboxylic acids is 1. The van der Waals surface area contributed by atoms with E-state index in [-0.39, 0.29) is 17.6 Å². The molecule has 0 bridgehead atoms. The van der Waals surface area contributed by atoms with Gasteiger partial charge in [0.2, 0.25) is 0 Å². The molecule has 1 aromatic heterocycles. The lowest BCUT2D eigenvalue weighted by Crippen LogP contribution is -2.29. The van der Waals surface area contributed by atoms with E-state index in [4.69, 9.17) is 0 Å². The molecule has 0 radical (unpaired) electrons. The van der Waals surface area contributed by atoms with Crippen molar-refractivity contribution >= 4 is 27.6 Å². The highest BCUT2D eigenvalue weighted by Crippen LogP contribution is 2.38. The Morgan fingerprint density at radius 1 is 1.67 bits per heavy atom. The van der Waals surface area contributed by atoms with Crippen molar-refractivity contribution in [2.45, 2.75) is 31.8 Å². The average molecular weight is 316 g/mol. The molecule has 0 spiro atoms. The fourth-order valence-corrected chi connectivity index (χ4v) is 1.90. The van der Waals surface area contributed by atoms with Crippen molar-refractivity contribution in [2.24, 2.45) is 0 Å². The molecule has 1 aliphatic rings. The van der Waals surface area contributed by atoms with Gasteiger partial charge in [-0.25, -0.2) is 4.68 Å². The minimum Gasteiger partial charge on any atom is -0.468 e. The minimum absolute atomic E-state index is 0.0607. The van der Waals surface area contributed by atoms with Crippen molar-refractivity contribution in [3.05, 3.63) is 21.0 Å². The van der Waals surface area contributed by atoms with Gasteiger partial charge in [-0.2, -0.15) is 5.10 Å². The first kappa shape index (κ1) is 13.1. The molecule has 6 nitrogen and oxygen atoms in total. The quantitative estimate of drug-likeness (QED) is 0.844. The third-order valence-corrected chi connectivity index (χ3v) is 3.69. The summed E-state index contributed by atoms with van der Waals surface area (Å²) in [5, 5.41) is 7.21. The zero-order chi connectivity index (χ0) is 13.3. The number of hydrogen-bond acceptors (Lipinski definition) is 5. The number of aromatic nitrogens is 2. The Balaban J connectivity index is 2.24. The Labute approximate surface area is 112 Å². The topological polar surface area (TPSA) is 73.2 Å². The van der Waals surface area contributed by atoms with Gasteiger partial charge in [0, 0.05) is 5.54 Å². The second-order valence-corrected chi connectivity index (χ2v) is 5.39. The monoisotopic (exact) mass is 315 g/mol. The van der Waals surface area contributed by atoms with E-state index in [0.717, 1.165) is 17.5 Å². The highest BCUT2D eigenvalue weighted by Gasteiger charge is 2.37. The van der Waals surface area contributed by atoms with Crippen LogP contribution in [0, 0.1) is 0 Å². The lowest BCUT2D eigenvalue weighted by atomic mass is 10.3. The van der Waals surface area contributed by atoms with Crippen LogP contribution in [0.4, 0.5) is 5.69 Å². The summed E-state index contributed by atoms with van der Waals surface area (Å²) in [5.74, 6) is -0.508. The van der Waals surface area contributed by atoms with Gasteiger partial charge in [0.05, 0.1) is 19.0 Å². The number of halogens is 1. The number of esters is 1. The summed E-state index contributed by atoms with van der Waals surface area (Å²) in [7, 11) is 1.27. The number of rotatable bonds is 4. The van der Waals surface area contributed by atoms with Crippen molar-refractivity contribution in [3.63, 3.8) is 0 Å². The molecular weight excluding hydrogens is 302 g/mol. The van der Waals surface area contributed by atoms with E-state index in [9.17, 15) is 9.59 Å². The minimum atomic E-state index is -0.508. The van der Waals surface area contributed by atoms with Gasteiger partial charge < -0.3 is 10.1 Å². The number of methoxy groups -OCH3 is 1. The highest BCUT2D eigenvalue weighted by molar-refractivity contribution is 9.10. The molecule has 0 unspecified atom stereocenters. The molecule has 2 rings (SSSR count). The Morgan fingerprint density at radius 2 is 2.33 bits per heavy atom. The van der Waals surface area contributed by atoms with Crippen LogP contribution in [-0.4, -0.2) is 28.4 Å². The van der Waals surface area contributed by atoms with Gasteiger partial charge >= 0.3 is 5.97 Å². The van der Waals surface area contributed by atoms with E-state index < -0.39 is 5.97 Å². The van der Waals surface area contributed by atoms with Crippen LogP contribution in [0.15, 0.2) is 15.5 Å². The van der Waals surface area contributed by atoms with E-state index in [1.165, 1.54) is 13.3 Å². The van der Waals surface area contributed by atoms with Crippen molar-refractivity contribution in [2.75, 3.05) is 12.4 Å². The van der Waals surface area contributed by atoms with Gasteiger partial charge in [-0.1, -0.05) is 0 Å². The molecule has 7 heteroatoms. The van der Waals surface area contributed by atoms with Crippen LogP contribution in [0.2, 0.25) is 0 Å². The maximum absolute atomic E-state index is 12.0. The van der Waals surface area contributed by atoms with Gasteiger partial charge in [0.25, 0.3) is 5.56 Å². The van der Waals surface area contributed by atoms with E-state index in [0.29, 0.717) is 10.2 Å². The van der Waals surface area contributed by atoms with Crippen LogP contribution in [0.1, 0.15) is 19.8 Å². The van der Waals surface area contributed by atoms with Crippen LogP contribution in [0.5, 0.6) is 0 Å². The summed E-state index contributed by atoms with van der Waals surface area (Å²) in [5.41, 5.74) is 0.362. The SMILES string of the molecule is COC(=O)Cn1ncc(NC2(C)CC2)c(Br)c1=O. The third kappa shape index (κ3) is 2.72. The smallest absolute Gasteiger partial charge is 0.327 e. The van der Waals surface area contributed by atoms with Crippen LogP contribution >= 0.6 is 15.9 Å². The van der Waals surface area contributed by atoms with E-state index >= 15 is 0 Å². The van der Waals surface area contributed by atoms with Gasteiger partial charge in [-0.05, 0) is 35.7 Å². The van der Waals surface area contributed by atoms with Gasteiger partial charge in [-0.15, -0.1) is 0 Å². The molecule has 1 N–H and O–H groups in total. The molecule has 0 amide bonds. The van der Waals surface area contributed by atoms with Gasteiger partial charge in [0.15, 0.2) is 0 Å². The second-order valence-electron chi connectivity index (χ2n) is 4.60. The number of hydrogen-bond donors (Lipinski definition) is 1. The summed E-state index contributed by atoms with van der Waals surface area (Å²) in [6, 6.07) is 0. The molecule has 18 heavy (non-hydrogen) atoms. The first-order valence-electron chi connectivity index (χ1n) is 5.56. The maximum atomic E-state index is 12.0. The first-order valence-corrected chi connectivity index (χ1v) is 6.35. The van der Waals surface area contributed by atoms with E-state index in [2.05, 4.69) is 38.0 Å². The average Bonchev–Trinajstić information content (AvgIpc) is 3.06. The van der Waals surface area contributed by atoms with Crippen LogP contribution in [0.25, 0.3) is 0 Å². The molecule has 0 aliphatic heterocycles. The van der Waals surface area contributed by atoms with Crippen molar-refractivity contribution in [1.82, 2.24) is 9.78 Å². The Morgan fingerprint density at radius 3 is 2.89 bits per heavy atom. The third-order valence-electron chi connectivity index (χ3n) is 2.93. The van der Waals surface area contributed by atoms with Crippen LogP contribution in [-0.2, 0) is 16.1 Å². The summed E-state index contributed by atoms with van der Waals surface area (Å²) in [6.45, 7) is 1.89. The van der Waals surface area contributed by atoms with E-state index in [1.807, 2.05) is 0 Å². The number of nitrogens with zero attached hydrogens (tertiary/aromatic N) is 2. The summed E-state index contributed by atoms with van der Waals surface area (Å²) >= 11 is 3.24. The summed E-state index contributed by atoms with van der Waals surface area (Å²) in [6.07, 6.45) is 3.69. The molecule has 1 saturated carbocycles. The number of carbonyl (C=O) groups is 1. The molecule has 0 saturated heterocycles. The second kappa shape index (κ2) is 4.72. The number of anilines is 1. The molecule has 1 aromatic rings. The van der Waals surface area contributed by atoms with Crippen LogP contribution < -0.4 is 10.9 Å². The molecule has 1 fully saturated rings. The predicted octanol–water partition coefficient (Wildman–Crippen LogP) is 1.14. The highest BCUT2D eigenvalue weighted by atomic mass is 79.9. The summed E-state index contributed by atoms with van der Waals surface area (Å²) in [4.78, 5) is 23.1. The Hall–Kier alpha value is -1.37. The van der Waals surface area contributed by atoms with Gasteiger partial charge in [-0.3, -0.25) is 9.59 Å². The first-order chi connectivity index (χ1) is 8.45. The molecule has 98 valence electrons. The molecular formula is C11H14BrN3O3. The number of nitrogens with one attached hydrogen (secondary N) is 1. The molecule has 0 atom stereocenters. The molecule has 1 heterocycles. The van der Waals surface area contributed by atoms with Crippen LogP contribution in [0.3, 0.4) is 0 Å². The lowest BCUT2D eigenvalue weighted by molar-refractivity contribution is -0.141.